The van der Waals surface area contributed by atoms with E-state index in [-0.39, 0.29) is 18.0 Å². The lowest BCUT2D eigenvalue weighted by atomic mass is 9.96. The van der Waals surface area contributed by atoms with Gasteiger partial charge in [0.1, 0.15) is 5.82 Å². The van der Waals surface area contributed by atoms with Gasteiger partial charge < -0.3 is 9.30 Å². The number of esters is 1. The molecule has 3 heterocycles. The van der Waals surface area contributed by atoms with Crippen LogP contribution in [0, 0.1) is 19.7 Å². The van der Waals surface area contributed by atoms with E-state index < -0.39 is 12.0 Å². The van der Waals surface area contributed by atoms with Crippen molar-refractivity contribution in [3.05, 3.63) is 120 Å². The van der Waals surface area contributed by atoms with Crippen molar-refractivity contribution >= 4 is 23.4 Å². The van der Waals surface area contributed by atoms with Crippen molar-refractivity contribution in [1.82, 2.24) is 9.13 Å². The van der Waals surface area contributed by atoms with Gasteiger partial charge in [-0.2, -0.15) is 0 Å². The Morgan fingerprint density at radius 3 is 2.49 bits per heavy atom. The minimum Gasteiger partial charge on any atom is -0.463 e. The Morgan fingerprint density at radius 1 is 1.11 bits per heavy atom. The van der Waals surface area contributed by atoms with Gasteiger partial charge in [-0.3, -0.25) is 9.36 Å². The number of thiazole rings is 1. The quantitative estimate of drug-likeness (QED) is 0.372. The summed E-state index contributed by atoms with van der Waals surface area (Å²) < 4.78 is 22.9. The van der Waals surface area contributed by atoms with Crippen LogP contribution >= 0.6 is 11.3 Å². The number of carbonyl (C=O) groups is 1. The molecule has 188 valence electrons. The summed E-state index contributed by atoms with van der Waals surface area (Å²) in [6.45, 7) is 7.69. The number of aryl methyl sites for hydroxylation is 1. The number of benzene rings is 2. The summed E-state index contributed by atoms with van der Waals surface area (Å²) in [7, 11) is 0. The van der Waals surface area contributed by atoms with Gasteiger partial charge in [-0.15, -0.1) is 0 Å². The second-order valence-corrected chi connectivity index (χ2v) is 9.86. The Balaban J connectivity index is 1.68. The molecule has 0 bridgehead atoms. The molecule has 6 nitrogen and oxygen atoms in total. The molecule has 4 aromatic rings. The number of nitrogens with zero attached hydrogens (tertiary/aromatic N) is 3. The summed E-state index contributed by atoms with van der Waals surface area (Å²) in [5, 5.41) is 0. The number of halogens is 1. The molecule has 0 N–H and O–H groups in total. The van der Waals surface area contributed by atoms with Crippen molar-refractivity contribution in [3.8, 4) is 5.69 Å². The number of rotatable bonds is 5. The maximum Gasteiger partial charge on any atom is 0.338 e. The van der Waals surface area contributed by atoms with Crippen molar-refractivity contribution in [1.29, 1.82) is 0 Å². The molecule has 0 aliphatic carbocycles. The number of allylic oxidation sites excluding steroid dienone is 1. The zero-order valence-corrected chi connectivity index (χ0v) is 21.8. The van der Waals surface area contributed by atoms with E-state index in [9.17, 15) is 14.0 Å². The van der Waals surface area contributed by atoms with E-state index in [1.165, 1.54) is 23.5 Å². The topological polar surface area (TPSA) is 65.6 Å². The molecule has 37 heavy (non-hydrogen) atoms. The molecule has 0 fully saturated rings. The van der Waals surface area contributed by atoms with Gasteiger partial charge in [0.25, 0.3) is 5.56 Å². The predicted molar refractivity (Wildman–Crippen MR) is 142 cm³/mol. The van der Waals surface area contributed by atoms with Crippen LogP contribution in [-0.2, 0) is 9.53 Å². The van der Waals surface area contributed by atoms with Crippen molar-refractivity contribution in [2.24, 2.45) is 4.99 Å². The minimum atomic E-state index is -0.634. The summed E-state index contributed by atoms with van der Waals surface area (Å²) >= 11 is 1.29. The third kappa shape index (κ3) is 4.38. The number of hydrogen-bond donors (Lipinski definition) is 0. The first-order chi connectivity index (χ1) is 17.8. The van der Waals surface area contributed by atoms with Gasteiger partial charge in [0.15, 0.2) is 4.80 Å². The largest absolute Gasteiger partial charge is 0.463 e. The molecule has 0 spiro atoms. The van der Waals surface area contributed by atoms with E-state index in [0.29, 0.717) is 20.6 Å². The molecule has 1 atom stereocenters. The van der Waals surface area contributed by atoms with Crippen molar-refractivity contribution in [2.45, 2.75) is 33.7 Å². The van der Waals surface area contributed by atoms with Gasteiger partial charge in [0.05, 0.1) is 28.5 Å². The first-order valence-electron chi connectivity index (χ1n) is 12.0. The summed E-state index contributed by atoms with van der Waals surface area (Å²) in [6.07, 6.45) is 1.86. The third-order valence-corrected chi connectivity index (χ3v) is 7.46. The van der Waals surface area contributed by atoms with Crippen molar-refractivity contribution in [3.63, 3.8) is 0 Å². The van der Waals surface area contributed by atoms with Crippen LogP contribution < -0.4 is 14.9 Å². The molecule has 0 amide bonds. The van der Waals surface area contributed by atoms with E-state index >= 15 is 0 Å². The van der Waals surface area contributed by atoms with Gasteiger partial charge in [0.2, 0.25) is 0 Å². The first-order valence-corrected chi connectivity index (χ1v) is 12.8. The Hall–Kier alpha value is -4.04. The predicted octanol–water partition coefficient (Wildman–Crippen LogP) is 4.34. The fraction of sp³-hybridized carbons (Fsp3) is 0.207. The highest BCUT2D eigenvalue weighted by molar-refractivity contribution is 7.07. The van der Waals surface area contributed by atoms with E-state index in [0.717, 1.165) is 28.2 Å². The number of aromatic nitrogens is 2. The molecular formula is C29H26FN3O3S. The Kier molecular flexibility index (Phi) is 6.52. The molecule has 1 aliphatic heterocycles. The number of hydrogen-bond acceptors (Lipinski definition) is 5. The van der Waals surface area contributed by atoms with E-state index in [2.05, 4.69) is 4.99 Å². The molecule has 0 unspecified atom stereocenters. The lowest BCUT2D eigenvalue weighted by Crippen LogP contribution is -2.39. The third-order valence-electron chi connectivity index (χ3n) is 6.47. The van der Waals surface area contributed by atoms with Crippen molar-refractivity contribution in [2.75, 3.05) is 6.61 Å². The molecule has 8 heteroatoms. The minimum absolute atomic E-state index is 0.224. The molecule has 5 rings (SSSR count). The highest BCUT2D eigenvalue weighted by Gasteiger charge is 2.33. The second kappa shape index (κ2) is 9.78. The smallest absolute Gasteiger partial charge is 0.338 e. The Bertz CT molecular complexity index is 1710. The maximum absolute atomic E-state index is 13.8. The van der Waals surface area contributed by atoms with Crippen LogP contribution in [0.3, 0.4) is 0 Å². The Morgan fingerprint density at radius 2 is 1.81 bits per heavy atom. The molecular weight excluding hydrogens is 489 g/mol. The SMILES string of the molecule is CCOC(=O)C1=C(C)N=c2s/c(=C/c3cc(C)n(-c4ccc(F)cc4)c3C)c(=O)n2[C@@H]1c1ccccc1. The van der Waals surface area contributed by atoms with E-state index in [1.54, 1.807) is 30.5 Å². The molecule has 0 saturated carbocycles. The fourth-order valence-corrected chi connectivity index (χ4v) is 5.84. The van der Waals surface area contributed by atoms with Crippen LogP contribution in [-0.4, -0.2) is 21.7 Å². The molecule has 2 aromatic heterocycles. The van der Waals surface area contributed by atoms with Crippen LogP contribution in [0.4, 0.5) is 4.39 Å². The highest BCUT2D eigenvalue weighted by atomic mass is 32.1. The molecule has 2 aromatic carbocycles. The molecule has 1 aliphatic rings. The number of ether oxygens (including phenoxy) is 1. The maximum atomic E-state index is 13.8. The summed E-state index contributed by atoms with van der Waals surface area (Å²) in [5.74, 6) is -0.771. The zero-order chi connectivity index (χ0) is 26.3. The molecule has 0 saturated heterocycles. The average Bonchev–Trinajstić information content (AvgIpc) is 3.33. The number of carbonyl (C=O) groups excluding carboxylic acids is 1. The normalized spacial score (nSPS) is 15.5. The van der Waals surface area contributed by atoms with Crippen LogP contribution in [0.25, 0.3) is 11.8 Å². The van der Waals surface area contributed by atoms with Crippen LogP contribution in [0.5, 0.6) is 0 Å². The monoisotopic (exact) mass is 515 g/mol. The fourth-order valence-electron chi connectivity index (χ4n) is 4.80. The van der Waals surface area contributed by atoms with E-state index in [1.807, 2.05) is 60.9 Å². The van der Waals surface area contributed by atoms with Gasteiger partial charge >= 0.3 is 5.97 Å². The second-order valence-electron chi connectivity index (χ2n) is 8.85. The lowest BCUT2D eigenvalue weighted by Gasteiger charge is -2.24. The van der Waals surface area contributed by atoms with Gasteiger partial charge in [-0.05, 0) is 75.2 Å². The first kappa shape index (κ1) is 24.6. The summed E-state index contributed by atoms with van der Waals surface area (Å²) in [4.78, 5) is 31.9. The van der Waals surface area contributed by atoms with E-state index in [4.69, 9.17) is 4.74 Å². The number of fused-ring (bicyclic) bond motifs is 1. The average molecular weight is 516 g/mol. The van der Waals surface area contributed by atoms with Crippen LogP contribution in [0.2, 0.25) is 0 Å². The molecule has 0 radical (unpaired) electrons. The van der Waals surface area contributed by atoms with Gasteiger partial charge in [-0.1, -0.05) is 41.7 Å². The van der Waals surface area contributed by atoms with Gasteiger partial charge in [0, 0.05) is 17.1 Å². The Labute approximate surface area is 217 Å². The summed E-state index contributed by atoms with van der Waals surface area (Å²) in [6, 6.07) is 17.1. The standard InChI is InChI=1S/C29H26FN3O3S/c1-5-36-28(35)25-18(3)31-29-33(26(25)20-9-7-6-8-10-20)27(34)24(37-29)16-21-15-17(2)32(19(21)4)23-13-11-22(30)12-14-23/h6-16,26H,5H2,1-4H3/b24-16+/t26-/m1/s1. The van der Waals surface area contributed by atoms with Crippen LogP contribution in [0.15, 0.2) is 81.7 Å². The van der Waals surface area contributed by atoms with Crippen molar-refractivity contribution < 1.29 is 13.9 Å². The lowest BCUT2D eigenvalue weighted by molar-refractivity contribution is -0.139. The van der Waals surface area contributed by atoms with Gasteiger partial charge in [-0.25, -0.2) is 14.2 Å². The highest BCUT2D eigenvalue weighted by Crippen LogP contribution is 2.30. The van der Waals surface area contributed by atoms with Crippen LogP contribution in [0.1, 0.15) is 42.4 Å². The zero-order valence-electron chi connectivity index (χ0n) is 21.0. The summed E-state index contributed by atoms with van der Waals surface area (Å²) in [5.41, 5.74) is 5.10.